The molecule has 0 radical (unpaired) electrons. The molecule has 0 aromatic heterocycles. The van der Waals surface area contributed by atoms with Crippen LogP contribution in [-0.4, -0.2) is 19.6 Å². The van der Waals surface area contributed by atoms with Crippen LogP contribution in [0.1, 0.15) is 82.3 Å². The SMILES string of the molecule is CCCCCCCCCCCCOS(=O)(=O)[O-].Cc1ccc(C)cc1.[Na+]. The van der Waals surface area contributed by atoms with Gasteiger partial charge in [0.1, 0.15) is 0 Å². The smallest absolute Gasteiger partial charge is 0.726 e. The van der Waals surface area contributed by atoms with Crippen molar-refractivity contribution >= 4 is 10.4 Å². The van der Waals surface area contributed by atoms with Crippen LogP contribution in [0.3, 0.4) is 0 Å². The Hall–Kier alpha value is 0.0900. The molecule has 0 fully saturated rings. The van der Waals surface area contributed by atoms with E-state index in [0.29, 0.717) is 6.42 Å². The summed E-state index contributed by atoms with van der Waals surface area (Å²) >= 11 is 0. The molecule has 0 spiro atoms. The van der Waals surface area contributed by atoms with Crippen molar-refractivity contribution in [1.82, 2.24) is 0 Å². The van der Waals surface area contributed by atoms with Crippen molar-refractivity contribution in [3.8, 4) is 0 Å². The summed E-state index contributed by atoms with van der Waals surface area (Å²) in [5, 5.41) is 0. The van der Waals surface area contributed by atoms with Crippen molar-refractivity contribution in [2.45, 2.75) is 85.0 Å². The number of benzene rings is 1. The zero-order valence-electron chi connectivity index (χ0n) is 17.1. The summed E-state index contributed by atoms with van der Waals surface area (Å²) in [7, 11) is -4.48. The molecule has 1 aromatic rings. The molecule has 0 atom stereocenters. The minimum atomic E-state index is -4.48. The molecule has 0 aliphatic heterocycles. The summed E-state index contributed by atoms with van der Waals surface area (Å²) in [5.41, 5.74) is 2.66. The van der Waals surface area contributed by atoms with Crippen molar-refractivity contribution in [3.63, 3.8) is 0 Å². The van der Waals surface area contributed by atoms with Gasteiger partial charge in [0.2, 0.25) is 10.4 Å². The molecule has 0 N–H and O–H groups in total. The molecular formula is C20H35NaO4S. The van der Waals surface area contributed by atoms with Crippen LogP contribution in [0.15, 0.2) is 24.3 Å². The average molecular weight is 395 g/mol. The fourth-order valence-corrected chi connectivity index (χ4v) is 2.71. The van der Waals surface area contributed by atoms with Crippen LogP contribution in [0.25, 0.3) is 0 Å². The van der Waals surface area contributed by atoms with Crippen molar-refractivity contribution in [2.24, 2.45) is 0 Å². The predicted octanol–water partition coefficient (Wildman–Crippen LogP) is 2.69. The Balaban J connectivity index is 0. The molecule has 1 rings (SSSR count). The molecule has 1 aromatic carbocycles. The van der Waals surface area contributed by atoms with Gasteiger partial charge in [-0.05, 0) is 20.3 Å². The van der Waals surface area contributed by atoms with Gasteiger partial charge < -0.3 is 4.55 Å². The molecular weight excluding hydrogens is 359 g/mol. The Labute approximate surface area is 183 Å². The largest absolute Gasteiger partial charge is 1.00 e. The molecule has 0 heterocycles. The van der Waals surface area contributed by atoms with Gasteiger partial charge in [-0.2, -0.15) is 0 Å². The standard InChI is InChI=1S/C12H26O4S.C8H10.Na/c1-2-3-4-5-6-7-8-9-10-11-12-16-17(13,14)15;1-7-3-5-8(2)6-4-7;/h2-12H2,1H3,(H,13,14,15);3-6H,1-2H3;/q;;+1/p-1. The van der Waals surface area contributed by atoms with Crippen molar-refractivity contribution in [3.05, 3.63) is 35.4 Å². The fraction of sp³-hybridized carbons (Fsp3) is 0.700. The molecule has 26 heavy (non-hydrogen) atoms. The van der Waals surface area contributed by atoms with E-state index in [1.807, 2.05) is 0 Å². The van der Waals surface area contributed by atoms with E-state index in [4.69, 9.17) is 0 Å². The van der Waals surface area contributed by atoms with Gasteiger partial charge in [-0.3, -0.25) is 4.18 Å². The average Bonchev–Trinajstić information content (AvgIpc) is 2.55. The third kappa shape index (κ3) is 22.1. The maximum Gasteiger partial charge on any atom is 1.00 e. The Kier molecular flexibility index (Phi) is 20.1. The molecule has 0 aliphatic rings. The maximum absolute atomic E-state index is 10.1. The van der Waals surface area contributed by atoms with Gasteiger partial charge in [0.15, 0.2) is 0 Å². The molecule has 6 heteroatoms. The van der Waals surface area contributed by atoms with Gasteiger partial charge in [0.25, 0.3) is 0 Å². The molecule has 146 valence electrons. The van der Waals surface area contributed by atoms with E-state index in [2.05, 4.69) is 49.2 Å². The molecule has 4 nitrogen and oxygen atoms in total. The number of rotatable bonds is 12. The quantitative estimate of drug-likeness (QED) is 0.237. The van der Waals surface area contributed by atoms with Crippen molar-refractivity contribution in [2.75, 3.05) is 6.61 Å². The Bertz CT molecular complexity index is 494. The summed E-state index contributed by atoms with van der Waals surface area (Å²) in [6, 6.07) is 8.48. The second-order valence-corrected chi connectivity index (χ2v) is 7.62. The summed E-state index contributed by atoms with van der Waals surface area (Å²) in [5.74, 6) is 0. The van der Waals surface area contributed by atoms with Crippen LogP contribution < -0.4 is 29.6 Å². The zero-order chi connectivity index (χ0) is 19.0. The number of unbranched alkanes of at least 4 members (excludes halogenated alkanes) is 9. The first-order chi connectivity index (χ1) is 11.8. The summed E-state index contributed by atoms with van der Waals surface area (Å²) in [4.78, 5) is 0. The van der Waals surface area contributed by atoms with E-state index in [9.17, 15) is 13.0 Å². The first-order valence-electron chi connectivity index (χ1n) is 9.48. The zero-order valence-corrected chi connectivity index (χ0v) is 19.9. The second kappa shape index (κ2) is 18.5. The molecule has 0 bridgehead atoms. The number of aryl methyl sites for hydroxylation is 2. The maximum atomic E-state index is 10.1. The van der Waals surface area contributed by atoms with E-state index in [1.165, 1.54) is 56.1 Å². The van der Waals surface area contributed by atoms with Crippen LogP contribution in [0, 0.1) is 13.8 Å². The van der Waals surface area contributed by atoms with Crippen LogP contribution in [0.4, 0.5) is 0 Å². The summed E-state index contributed by atoms with van der Waals surface area (Å²) in [6.07, 6.45) is 11.7. The van der Waals surface area contributed by atoms with Crippen molar-refractivity contribution < 1.29 is 46.7 Å². The van der Waals surface area contributed by atoms with E-state index in [-0.39, 0.29) is 36.2 Å². The topological polar surface area (TPSA) is 66.4 Å². The summed E-state index contributed by atoms with van der Waals surface area (Å²) in [6.45, 7) is 6.44. The van der Waals surface area contributed by atoms with Gasteiger partial charge in [0.05, 0.1) is 6.61 Å². The van der Waals surface area contributed by atoms with Crippen molar-refractivity contribution in [1.29, 1.82) is 0 Å². The molecule has 0 amide bonds. The first-order valence-corrected chi connectivity index (χ1v) is 10.8. The van der Waals surface area contributed by atoms with Crippen LogP contribution >= 0.6 is 0 Å². The minimum Gasteiger partial charge on any atom is -0.726 e. The first kappa shape index (κ1) is 28.3. The molecule has 0 saturated carbocycles. The Morgan fingerprint density at radius 3 is 1.46 bits per heavy atom. The van der Waals surface area contributed by atoms with Crippen LogP contribution in [0.5, 0.6) is 0 Å². The molecule has 0 saturated heterocycles. The van der Waals surface area contributed by atoms with E-state index < -0.39 is 10.4 Å². The van der Waals surface area contributed by atoms with E-state index in [1.54, 1.807) is 0 Å². The van der Waals surface area contributed by atoms with Crippen LogP contribution in [0.2, 0.25) is 0 Å². The number of hydrogen-bond acceptors (Lipinski definition) is 4. The molecule has 0 unspecified atom stereocenters. The normalized spacial score (nSPS) is 10.6. The number of hydrogen-bond donors (Lipinski definition) is 0. The fourth-order valence-electron chi connectivity index (χ4n) is 2.39. The van der Waals surface area contributed by atoms with E-state index in [0.717, 1.165) is 12.8 Å². The molecule has 0 aliphatic carbocycles. The minimum absolute atomic E-state index is 0. The van der Waals surface area contributed by atoms with Crippen LogP contribution in [-0.2, 0) is 14.6 Å². The predicted molar refractivity (Wildman–Crippen MR) is 103 cm³/mol. The third-order valence-corrected chi connectivity index (χ3v) is 4.40. The second-order valence-electron chi connectivity index (χ2n) is 6.57. The summed E-state index contributed by atoms with van der Waals surface area (Å²) < 4.78 is 34.5. The van der Waals surface area contributed by atoms with Gasteiger partial charge >= 0.3 is 29.6 Å². The monoisotopic (exact) mass is 394 g/mol. The van der Waals surface area contributed by atoms with E-state index >= 15 is 0 Å². The van der Waals surface area contributed by atoms with Gasteiger partial charge in [-0.15, -0.1) is 0 Å². The third-order valence-electron chi connectivity index (χ3n) is 3.94. The Morgan fingerprint density at radius 1 is 0.769 bits per heavy atom. The van der Waals surface area contributed by atoms with Gasteiger partial charge in [-0.25, -0.2) is 8.42 Å². The Morgan fingerprint density at radius 2 is 1.12 bits per heavy atom. The van der Waals surface area contributed by atoms with Gasteiger partial charge in [0, 0.05) is 0 Å². The van der Waals surface area contributed by atoms with Gasteiger partial charge in [-0.1, -0.05) is 100 Å².